The van der Waals surface area contributed by atoms with Gasteiger partial charge in [0.05, 0.1) is 0 Å². The fourth-order valence-electron chi connectivity index (χ4n) is 0.546. The molecule has 0 aliphatic heterocycles. The van der Waals surface area contributed by atoms with Crippen LogP contribution in [0.15, 0.2) is 36.5 Å². The van der Waals surface area contributed by atoms with Gasteiger partial charge in [0.15, 0.2) is 0 Å². The standard InChI is InChI=1S/C9H13P.C2H6/c1-4-6-7-9(5-2)8(3)10;1-2/h4-7,10H,2H2,1,3H3;1-2H3/b6-4-,9-7+;. The second kappa shape index (κ2) is 10.4. The number of allylic oxidation sites excluding steroid dienone is 5. The largest absolute Gasteiger partial charge is 0.118 e. The van der Waals surface area contributed by atoms with Crippen molar-refractivity contribution in [1.29, 1.82) is 0 Å². The summed E-state index contributed by atoms with van der Waals surface area (Å²) in [7, 11) is 3.42. The average Bonchev–Trinajstić information content (AvgIpc) is 2.09. The summed E-state index contributed by atoms with van der Waals surface area (Å²) >= 11 is 0. The van der Waals surface area contributed by atoms with Gasteiger partial charge in [0, 0.05) is 0 Å². The molecular formula is C11H19P. The van der Waals surface area contributed by atoms with Crippen molar-refractivity contribution in [3.63, 3.8) is 0 Å². The summed E-state index contributed by atoms with van der Waals surface area (Å²) in [6, 6.07) is 0. The Balaban J connectivity index is 0. The van der Waals surface area contributed by atoms with Gasteiger partial charge < -0.3 is 0 Å². The van der Waals surface area contributed by atoms with Crippen LogP contribution in [0.5, 0.6) is 0 Å². The lowest BCUT2D eigenvalue weighted by Gasteiger charge is -1.94. The predicted molar refractivity (Wildman–Crippen MR) is 63.4 cm³/mol. The lowest BCUT2D eigenvalue weighted by atomic mass is 10.2. The summed E-state index contributed by atoms with van der Waals surface area (Å²) in [5, 5.41) is 1.10. The van der Waals surface area contributed by atoms with Gasteiger partial charge >= 0.3 is 0 Å². The quantitative estimate of drug-likeness (QED) is 0.456. The third kappa shape index (κ3) is 7.50. The minimum Gasteiger partial charge on any atom is -0.118 e. The van der Waals surface area contributed by atoms with E-state index in [-0.39, 0.29) is 0 Å². The maximum atomic E-state index is 3.68. The second-order valence-corrected chi connectivity index (χ2v) is 2.73. The molecule has 0 amide bonds. The van der Waals surface area contributed by atoms with Crippen LogP contribution in [0, 0.1) is 0 Å². The van der Waals surface area contributed by atoms with E-state index in [2.05, 4.69) is 15.4 Å². The van der Waals surface area contributed by atoms with E-state index in [1.165, 1.54) is 0 Å². The molecule has 0 aromatic carbocycles. The zero-order valence-corrected chi connectivity index (χ0v) is 9.52. The molecule has 0 fully saturated rings. The van der Waals surface area contributed by atoms with Crippen LogP contribution in [0.4, 0.5) is 0 Å². The van der Waals surface area contributed by atoms with E-state index in [9.17, 15) is 0 Å². The average molecular weight is 182 g/mol. The third-order valence-corrected chi connectivity index (χ3v) is 1.41. The van der Waals surface area contributed by atoms with Crippen molar-refractivity contribution in [3.8, 4) is 0 Å². The van der Waals surface area contributed by atoms with E-state index in [1.54, 1.807) is 0 Å². The Hall–Kier alpha value is -0.610. The normalized spacial score (nSPS) is 10.5. The van der Waals surface area contributed by atoms with Gasteiger partial charge in [0.25, 0.3) is 0 Å². The van der Waals surface area contributed by atoms with Crippen LogP contribution in [0.1, 0.15) is 27.7 Å². The summed E-state index contributed by atoms with van der Waals surface area (Å²) in [5.41, 5.74) is 1.12. The SMILES string of the molecule is C=C/C(=C\C=C/C)C(C)=P.CC. The minimum atomic E-state index is 1.10. The maximum Gasteiger partial charge on any atom is -0.0193 e. The topological polar surface area (TPSA) is 0 Å². The van der Waals surface area contributed by atoms with Crippen molar-refractivity contribution in [3.05, 3.63) is 36.5 Å². The van der Waals surface area contributed by atoms with Gasteiger partial charge in [-0.25, -0.2) is 0 Å². The van der Waals surface area contributed by atoms with Gasteiger partial charge in [0.2, 0.25) is 0 Å². The van der Waals surface area contributed by atoms with Crippen molar-refractivity contribution in [2.75, 3.05) is 0 Å². The lowest BCUT2D eigenvalue weighted by molar-refractivity contribution is 1.50. The number of hydrogen-bond donors (Lipinski definition) is 0. The molecule has 0 N–H and O–H groups in total. The molecule has 0 aromatic heterocycles. The molecule has 1 heteroatoms. The van der Waals surface area contributed by atoms with Crippen molar-refractivity contribution in [1.82, 2.24) is 0 Å². The Kier molecular flexibility index (Phi) is 12.1. The Labute approximate surface area is 78.9 Å². The van der Waals surface area contributed by atoms with Crippen LogP contribution < -0.4 is 0 Å². The summed E-state index contributed by atoms with van der Waals surface area (Å²) in [6.07, 6.45) is 7.80. The Morgan fingerprint density at radius 3 is 2.08 bits per heavy atom. The first-order chi connectivity index (χ1) is 5.72. The molecular weight excluding hydrogens is 163 g/mol. The van der Waals surface area contributed by atoms with Gasteiger partial charge in [0.1, 0.15) is 0 Å². The summed E-state index contributed by atoms with van der Waals surface area (Å²) in [6.45, 7) is 11.7. The van der Waals surface area contributed by atoms with Crippen molar-refractivity contribution >= 4 is 14.2 Å². The summed E-state index contributed by atoms with van der Waals surface area (Å²) in [5.74, 6) is 0. The van der Waals surface area contributed by atoms with E-state index < -0.39 is 0 Å². The Bertz CT molecular complexity index is 185. The molecule has 0 unspecified atom stereocenters. The molecule has 0 saturated carbocycles. The Morgan fingerprint density at radius 1 is 1.33 bits per heavy atom. The first-order valence-electron chi connectivity index (χ1n) is 4.23. The van der Waals surface area contributed by atoms with Crippen LogP contribution in [0.2, 0.25) is 0 Å². The molecule has 0 aliphatic carbocycles. The third-order valence-electron chi connectivity index (χ3n) is 1.12. The van der Waals surface area contributed by atoms with Gasteiger partial charge in [-0.15, -0.1) is 8.86 Å². The van der Waals surface area contributed by atoms with Crippen LogP contribution in [0.25, 0.3) is 0 Å². The zero-order valence-electron chi connectivity index (χ0n) is 8.52. The highest BCUT2D eigenvalue weighted by atomic mass is 31.0. The van der Waals surface area contributed by atoms with Crippen LogP contribution in [-0.4, -0.2) is 5.29 Å². The van der Waals surface area contributed by atoms with Crippen LogP contribution >= 0.6 is 8.86 Å². The highest BCUT2D eigenvalue weighted by Gasteiger charge is 1.87. The van der Waals surface area contributed by atoms with E-state index in [0.717, 1.165) is 10.9 Å². The smallest absolute Gasteiger partial charge is 0.0193 e. The first-order valence-corrected chi connectivity index (χ1v) is 4.73. The van der Waals surface area contributed by atoms with Gasteiger partial charge in [-0.1, -0.05) is 44.7 Å². The number of rotatable bonds is 3. The predicted octanol–water partition coefficient (Wildman–Crippen LogP) is 4.04. The molecule has 0 bridgehead atoms. The fourth-order valence-corrected chi connectivity index (χ4v) is 0.731. The molecule has 0 aliphatic rings. The first kappa shape index (κ1) is 13.9. The molecule has 0 atom stereocenters. The van der Waals surface area contributed by atoms with E-state index in [1.807, 2.05) is 52.0 Å². The van der Waals surface area contributed by atoms with Gasteiger partial charge in [-0.05, 0) is 24.7 Å². The van der Waals surface area contributed by atoms with E-state index in [4.69, 9.17) is 0 Å². The highest BCUT2D eigenvalue weighted by molar-refractivity contribution is 7.22. The molecule has 68 valence electrons. The molecule has 12 heavy (non-hydrogen) atoms. The minimum absolute atomic E-state index is 1.10. The molecule has 0 saturated heterocycles. The number of hydrogen-bond acceptors (Lipinski definition) is 0. The molecule has 0 heterocycles. The summed E-state index contributed by atoms with van der Waals surface area (Å²) in [4.78, 5) is 0. The molecule has 0 aromatic rings. The van der Waals surface area contributed by atoms with Crippen molar-refractivity contribution in [2.45, 2.75) is 27.7 Å². The molecule has 0 rings (SSSR count). The summed E-state index contributed by atoms with van der Waals surface area (Å²) < 4.78 is 0. The molecule has 0 nitrogen and oxygen atoms in total. The van der Waals surface area contributed by atoms with Crippen molar-refractivity contribution < 1.29 is 0 Å². The van der Waals surface area contributed by atoms with Gasteiger partial charge in [-0.2, -0.15) is 0 Å². The Morgan fingerprint density at radius 2 is 1.83 bits per heavy atom. The molecule has 0 spiro atoms. The lowest BCUT2D eigenvalue weighted by Crippen LogP contribution is -1.86. The monoisotopic (exact) mass is 182 g/mol. The van der Waals surface area contributed by atoms with Crippen molar-refractivity contribution in [2.24, 2.45) is 0 Å². The molecule has 0 radical (unpaired) electrons. The maximum absolute atomic E-state index is 3.68. The van der Waals surface area contributed by atoms with E-state index >= 15 is 0 Å². The zero-order chi connectivity index (χ0) is 9.98. The van der Waals surface area contributed by atoms with Gasteiger partial charge in [-0.3, -0.25) is 0 Å². The highest BCUT2D eigenvalue weighted by Crippen LogP contribution is 2.00. The van der Waals surface area contributed by atoms with Crippen LogP contribution in [-0.2, 0) is 0 Å². The fraction of sp³-hybridized carbons (Fsp3) is 0.364. The van der Waals surface area contributed by atoms with Crippen LogP contribution in [0.3, 0.4) is 0 Å². The second-order valence-electron chi connectivity index (χ2n) is 1.98. The van der Waals surface area contributed by atoms with E-state index in [0.29, 0.717) is 0 Å².